The fraction of sp³-hybridized carbons (Fsp3) is 0.182. The molecule has 1 aromatic heterocycles. The smallest absolute Gasteiger partial charge is 0.125 e. The molecule has 0 saturated heterocycles. The fourth-order valence-electron chi connectivity index (χ4n) is 1.36. The van der Waals surface area contributed by atoms with Crippen LogP contribution in [0.1, 0.15) is 11.3 Å². The molecule has 0 aliphatic rings. The molecule has 0 aliphatic heterocycles. The minimum Gasteiger partial charge on any atom is -0.325 e. The predicted molar refractivity (Wildman–Crippen MR) is 65.2 cm³/mol. The summed E-state index contributed by atoms with van der Waals surface area (Å²) in [5, 5.41) is 0.934. The van der Waals surface area contributed by atoms with Gasteiger partial charge in [-0.3, -0.25) is 0 Å². The first-order chi connectivity index (χ1) is 7.20. The Hall–Kier alpha value is -0.900. The van der Waals surface area contributed by atoms with Gasteiger partial charge >= 0.3 is 0 Å². The molecule has 0 fully saturated rings. The second kappa shape index (κ2) is 4.31. The number of hydrogen-bond acceptors (Lipinski definition) is 3. The highest BCUT2D eigenvalue weighted by Crippen LogP contribution is 2.31. The zero-order valence-corrected chi connectivity index (χ0v) is 9.90. The van der Waals surface area contributed by atoms with Crippen LogP contribution in [0.4, 0.5) is 0 Å². The maximum Gasteiger partial charge on any atom is 0.125 e. The topological polar surface area (TPSA) is 38.9 Å². The third-order valence-electron chi connectivity index (χ3n) is 2.11. The van der Waals surface area contributed by atoms with E-state index in [2.05, 4.69) is 24.0 Å². The number of aromatic nitrogens is 1. The highest BCUT2D eigenvalue weighted by molar-refractivity contribution is 7.19. The second-order valence-corrected chi connectivity index (χ2v) is 4.91. The van der Waals surface area contributed by atoms with Gasteiger partial charge in [-0.2, -0.15) is 0 Å². The summed E-state index contributed by atoms with van der Waals surface area (Å²) in [4.78, 5) is 4.40. The summed E-state index contributed by atoms with van der Waals surface area (Å²) in [5.74, 6) is 0. The van der Waals surface area contributed by atoms with Crippen LogP contribution in [0.5, 0.6) is 0 Å². The van der Waals surface area contributed by atoms with Gasteiger partial charge in [0.05, 0.1) is 5.69 Å². The third kappa shape index (κ3) is 2.20. The van der Waals surface area contributed by atoms with Crippen molar-refractivity contribution in [3.8, 4) is 10.6 Å². The molecule has 0 spiro atoms. The largest absolute Gasteiger partial charge is 0.325 e. The average Bonchev–Trinajstić information content (AvgIpc) is 2.60. The van der Waals surface area contributed by atoms with Crippen LogP contribution in [0.15, 0.2) is 24.3 Å². The summed E-state index contributed by atoms with van der Waals surface area (Å²) >= 11 is 7.49. The molecule has 4 heteroatoms. The summed E-state index contributed by atoms with van der Waals surface area (Å²) in [7, 11) is 0. The quantitative estimate of drug-likeness (QED) is 0.873. The highest BCUT2D eigenvalue weighted by Gasteiger charge is 2.09. The molecule has 1 heterocycles. The number of nitrogens with zero attached hydrogens (tertiary/aromatic N) is 1. The van der Waals surface area contributed by atoms with E-state index in [4.69, 9.17) is 17.3 Å². The van der Waals surface area contributed by atoms with Crippen molar-refractivity contribution >= 4 is 22.9 Å². The SMILES string of the molecule is Cc1cccc(-c2nc(CN)c(Cl)s2)c1. The van der Waals surface area contributed by atoms with Crippen LogP contribution in [-0.2, 0) is 6.54 Å². The molecule has 0 amide bonds. The summed E-state index contributed by atoms with van der Waals surface area (Å²) in [6.07, 6.45) is 0. The van der Waals surface area contributed by atoms with Crippen LogP contribution in [0.25, 0.3) is 10.6 Å². The highest BCUT2D eigenvalue weighted by atomic mass is 35.5. The number of hydrogen-bond donors (Lipinski definition) is 1. The lowest BCUT2D eigenvalue weighted by Gasteiger charge is -1.96. The van der Waals surface area contributed by atoms with Gasteiger partial charge in [-0.25, -0.2) is 4.98 Å². The van der Waals surface area contributed by atoms with Crippen molar-refractivity contribution in [1.82, 2.24) is 4.98 Å². The molecule has 0 unspecified atom stereocenters. The lowest BCUT2D eigenvalue weighted by atomic mass is 10.1. The molecule has 0 aliphatic carbocycles. The molecular weight excluding hydrogens is 228 g/mol. The number of rotatable bonds is 2. The summed E-state index contributed by atoms with van der Waals surface area (Å²) in [6, 6.07) is 8.20. The Bertz CT molecular complexity index is 479. The first kappa shape index (κ1) is 10.6. The molecular formula is C11H11ClN2S. The Balaban J connectivity index is 2.45. The minimum atomic E-state index is 0.390. The van der Waals surface area contributed by atoms with Gasteiger partial charge in [0.1, 0.15) is 9.34 Å². The van der Waals surface area contributed by atoms with E-state index >= 15 is 0 Å². The van der Waals surface area contributed by atoms with E-state index in [1.54, 1.807) is 0 Å². The average molecular weight is 239 g/mol. The van der Waals surface area contributed by atoms with Crippen LogP contribution in [0.3, 0.4) is 0 Å². The lowest BCUT2D eigenvalue weighted by Crippen LogP contribution is -1.96. The molecule has 0 atom stereocenters. The molecule has 2 rings (SSSR count). The molecule has 2 aromatic rings. The van der Waals surface area contributed by atoms with Crippen molar-refractivity contribution in [3.05, 3.63) is 39.9 Å². The van der Waals surface area contributed by atoms with Crippen molar-refractivity contribution in [2.45, 2.75) is 13.5 Å². The molecule has 0 bridgehead atoms. The third-order valence-corrected chi connectivity index (χ3v) is 3.49. The molecule has 0 saturated carbocycles. The Labute approximate surface area is 97.7 Å². The van der Waals surface area contributed by atoms with Gasteiger partial charge in [-0.15, -0.1) is 11.3 Å². The van der Waals surface area contributed by atoms with Gasteiger partial charge in [0.25, 0.3) is 0 Å². The van der Waals surface area contributed by atoms with Crippen LogP contribution >= 0.6 is 22.9 Å². The first-order valence-corrected chi connectivity index (χ1v) is 5.82. The second-order valence-electron chi connectivity index (χ2n) is 3.31. The van der Waals surface area contributed by atoms with E-state index in [1.807, 2.05) is 12.1 Å². The van der Waals surface area contributed by atoms with E-state index in [0.29, 0.717) is 10.9 Å². The standard InChI is InChI=1S/C11H11ClN2S/c1-7-3-2-4-8(5-7)11-14-9(6-13)10(12)15-11/h2-5H,6,13H2,1H3. The van der Waals surface area contributed by atoms with Crippen LogP contribution in [0.2, 0.25) is 4.34 Å². The van der Waals surface area contributed by atoms with Crippen molar-refractivity contribution < 1.29 is 0 Å². The van der Waals surface area contributed by atoms with Gasteiger partial charge in [0, 0.05) is 12.1 Å². The van der Waals surface area contributed by atoms with Gasteiger partial charge in [0.2, 0.25) is 0 Å². The Morgan fingerprint density at radius 1 is 1.47 bits per heavy atom. The zero-order valence-electron chi connectivity index (χ0n) is 8.33. The molecule has 2 nitrogen and oxygen atoms in total. The maximum absolute atomic E-state index is 6.01. The summed E-state index contributed by atoms with van der Waals surface area (Å²) in [6.45, 7) is 2.45. The van der Waals surface area contributed by atoms with Crippen LogP contribution in [0, 0.1) is 6.92 Å². The molecule has 0 radical (unpaired) electrons. The van der Waals surface area contributed by atoms with Crippen molar-refractivity contribution in [2.24, 2.45) is 5.73 Å². The van der Waals surface area contributed by atoms with Gasteiger partial charge in [0.15, 0.2) is 0 Å². The van der Waals surface area contributed by atoms with E-state index in [1.165, 1.54) is 16.9 Å². The Kier molecular flexibility index (Phi) is 3.05. The Morgan fingerprint density at radius 2 is 2.27 bits per heavy atom. The van der Waals surface area contributed by atoms with Crippen molar-refractivity contribution in [3.63, 3.8) is 0 Å². The normalized spacial score (nSPS) is 10.6. The summed E-state index contributed by atoms with van der Waals surface area (Å²) < 4.78 is 0.689. The predicted octanol–water partition coefficient (Wildman–Crippen LogP) is 3.23. The number of benzene rings is 1. The van der Waals surface area contributed by atoms with E-state index < -0.39 is 0 Å². The number of thiazole rings is 1. The number of nitrogens with two attached hydrogens (primary N) is 1. The van der Waals surface area contributed by atoms with Gasteiger partial charge < -0.3 is 5.73 Å². The Morgan fingerprint density at radius 3 is 2.87 bits per heavy atom. The van der Waals surface area contributed by atoms with E-state index in [9.17, 15) is 0 Å². The lowest BCUT2D eigenvalue weighted by molar-refractivity contribution is 1.01. The minimum absolute atomic E-state index is 0.390. The van der Waals surface area contributed by atoms with E-state index in [0.717, 1.165) is 16.3 Å². The van der Waals surface area contributed by atoms with Crippen molar-refractivity contribution in [1.29, 1.82) is 0 Å². The van der Waals surface area contributed by atoms with Crippen molar-refractivity contribution in [2.75, 3.05) is 0 Å². The van der Waals surface area contributed by atoms with Crippen LogP contribution in [-0.4, -0.2) is 4.98 Å². The van der Waals surface area contributed by atoms with Gasteiger partial charge in [-0.1, -0.05) is 35.4 Å². The van der Waals surface area contributed by atoms with Crippen LogP contribution < -0.4 is 5.73 Å². The molecule has 78 valence electrons. The van der Waals surface area contributed by atoms with Gasteiger partial charge in [-0.05, 0) is 13.0 Å². The maximum atomic E-state index is 6.01. The number of aryl methyl sites for hydroxylation is 1. The molecule has 1 aromatic carbocycles. The summed E-state index contributed by atoms with van der Waals surface area (Å²) in [5.41, 5.74) is 8.62. The monoisotopic (exact) mass is 238 g/mol. The molecule has 2 N–H and O–H groups in total. The molecule has 15 heavy (non-hydrogen) atoms. The first-order valence-electron chi connectivity index (χ1n) is 4.63. The fourth-order valence-corrected chi connectivity index (χ4v) is 2.52. The number of halogens is 1. The van der Waals surface area contributed by atoms with E-state index in [-0.39, 0.29) is 0 Å². The zero-order chi connectivity index (χ0) is 10.8.